The molecule has 1 rings (SSSR count). The summed E-state index contributed by atoms with van der Waals surface area (Å²) in [6, 6.07) is 2.19. The largest absolute Gasteiger partial charge is 0.385 e. The Morgan fingerprint density at radius 2 is 2.00 bits per heavy atom. The molecule has 1 aromatic rings. The normalized spacial score (nSPS) is 12.0. The van der Waals surface area contributed by atoms with Crippen molar-refractivity contribution in [2.75, 3.05) is 11.9 Å². The van der Waals surface area contributed by atoms with E-state index in [1.54, 1.807) is 6.20 Å². The van der Waals surface area contributed by atoms with Crippen LogP contribution in [0.1, 0.15) is 68.9 Å². The number of rotatable bonds is 9. The maximum Gasteiger partial charge on any atom is 0.255 e. The molecule has 0 saturated heterocycles. The summed E-state index contributed by atoms with van der Waals surface area (Å²) in [5.74, 6) is -0.0204. The highest BCUT2D eigenvalue weighted by Crippen LogP contribution is 2.16. The molecule has 0 aliphatic rings. The molecule has 4 heteroatoms. The van der Waals surface area contributed by atoms with Crippen molar-refractivity contribution in [3.8, 4) is 0 Å². The molecule has 0 aromatic carbocycles. The van der Waals surface area contributed by atoms with Gasteiger partial charge < -0.3 is 10.6 Å². The number of aryl methyl sites for hydroxylation is 1. The Morgan fingerprint density at radius 3 is 2.62 bits per heavy atom. The molecule has 1 heterocycles. The van der Waals surface area contributed by atoms with Crippen LogP contribution in [0.4, 0.5) is 5.69 Å². The zero-order chi connectivity index (χ0) is 15.7. The van der Waals surface area contributed by atoms with Gasteiger partial charge in [-0.3, -0.25) is 9.78 Å². The van der Waals surface area contributed by atoms with Gasteiger partial charge in [-0.15, -0.1) is 0 Å². The molecule has 118 valence electrons. The summed E-state index contributed by atoms with van der Waals surface area (Å²) in [6.07, 6.45) is 7.14. The highest BCUT2D eigenvalue weighted by atomic mass is 16.1. The lowest BCUT2D eigenvalue weighted by molar-refractivity contribution is 0.0932. The Morgan fingerprint density at radius 1 is 1.24 bits per heavy atom. The molecule has 0 aliphatic heterocycles. The smallest absolute Gasteiger partial charge is 0.255 e. The van der Waals surface area contributed by atoms with Crippen LogP contribution in [0, 0.1) is 6.92 Å². The molecule has 0 aliphatic carbocycles. The number of hydrogen-bond donors (Lipinski definition) is 2. The molecule has 0 radical (unpaired) electrons. The maximum atomic E-state index is 12.5. The van der Waals surface area contributed by atoms with Gasteiger partial charge >= 0.3 is 0 Å². The molecule has 4 nitrogen and oxygen atoms in total. The number of nitrogens with one attached hydrogen (secondary N) is 2. The Kier molecular flexibility index (Phi) is 7.80. The summed E-state index contributed by atoms with van der Waals surface area (Å²) in [7, 11) is 0. The van der Waals surface area contributed by atoms with Crippen LogP contribution in [-0.2, 0) is 0 Å². The molecule has 0 bridgehead atoms. The van der Waals surface area contributed by atoms with Crippen LogP contribution in [0.2, 0.25) is 0 Å². The van der Waals surface area contributed by atoms with Crippen LogP contribution in [0.5, 0.6) is 0 Å². The molecular weight excluding hydrogens is 262 g/mol. The molecule has 0 fully saturated rings. The van der Waals surface area contributed by atoms with Crippen molar-refractivity contribution in [2.24, 2.45) is 0 Å². The highest BCUT2D eigenvalue weighted by Gasteiger charge is 2.16. The number of unbranched alkanes of at least 4 members (excludes halogenated alkanes) is 1. The summed E-state index contributed by atoms with van der Waals surface area (Å²) >= 11 is 0. The fraction of sp³-hybridized carbons (Fsp3) is 0.647. The number of amides is 1. The van der Waals surface area contributed by atoms with Crippen molar-refractivity contribution in [3.05, 3.63) is 23.5 Å². The van der Waals surface area contributed by atoms with E-state index in [9.17, 15) is 4.79 Å². The van der Waals surface area contributed by atoms with Gasteiger partial charge in [-0.1, -0.05) is 33.1 Å². The molecule has 1 unspecified atom stereocenters. The third-order valence-electron chi connectivity index (χ3n) is 3.53. The van der Waals surface area contributed by atoms with Crippen molar-refractivity contribution in [3.63, 3.8) is 0 Å². The van der Waals surface area contributed by atoms with Crippen LogP contribution >= 0.6 is 0 Å². The van der Waals surface area contributed by atoms with E-state index in [2.05, 4.69) is 29.5 Å². The summed E-state index contributed by atoms with van der Waals surface area (Å²) in [5, 5.41) is 6.41. The first-order chi connectivity index (χ1) is 10.1. The monoisotopic (exact) mass is 291 g/mol. The number of pyridine rings is 1. The zero-order valence-corrected chi connectivity index (χ0v) is 13.8. The second kappa shape index (κ2) is 9.37. The molecule has 0 saturated carbocycles. The van der Waals surface area contributed by atoms with Gasteiger partial charge in [-0.25, -0.2) is 0 Å². The highest BCUT2D eigenvalue weighted by molar-refractivity contribution is 5.99. The number of carbonyl (C=O) groups excluding carboxylic acids is 1. The van der Waals surface area contributed by atoms with Crippen molar-refractivity contribution in [2.45, 2.75) is 65.8 Å². The summed E-state index contributed by atoms with van der Waals surface area (Å²) in [6.45, 7) is 9.08. The molecule has 1 aromatic heterocycles. The second-order valence-electron chi connectivity index (χ2n) is 5.50. The van der Waals surface area contributed by atoms with Crippen molar-refractivity contribution in [1.29, 1.82) is 0 Å². The summed E-state index contributed by atoms with van der Waals surface area (Å²) in [5.41, 5.74) is 2.42. The lowest BCUT2D eigenvalue weighted by atomic mass is 10.0. The Hall–Kier alpha value is -1.58. The fourth-order valence-corrected chi connectivity index (χ4v) is 2.43. The average molecular weight is 291 g/mol. The lowest BCUT2D eigenvalue weighted by Crippen LogP contribution is -2.35. The minimum Gasteiger partial charge on any atom is -0.385 e. The predicted octanol–water partition coefficient (Wildman–Crippen LogP) is 3.91. The Balaban J connectivity index is 2.81. The fourth-order valence-electron chi connectivity index (χ4n) is 2.43. The number of hydrogen-bond acceptors (Lipinski definition) is 3. The summed E-state index contributed by atoms with van der Waals surface area (Å²) in [4.78, 5) is 16.8. The van der Waals surface area contributed by atoms with Crippen LogP contribution in [0.25, 0.3) is 0 Å². The van der Waals surface area contributed by atoms with Gasteiger partial charge in [0.05, 0.1) is 11.3 Å². The van der Waals surface area contributed by atoms with Gasteiger partial charge in [-0.2, -0.15) is 0 Å². The second-order valence-corrected chi connectivity index (χ2v) is 5.50. The minimum absolute atomic E-state index is 0.0204. The quantitative estimate of drug-likeness (QED) is 0.725. The number of anilines is 1. The SMILES string of the molecule is CCCCC(CCC)NC(=O)c1cnc(C)cc1NCC. The van der Waals surface area contributed by atoms with Crippen molar-refractivity contribution in [1.82, 2.24) is 10.3 Å². The van der Waals surface area contributed by atoms with Crippen molar-refractivity contribution >= 4 is 11.6 Å². The van der Waals surface area contributed by atoms with Gasteiger partial charge in [0.15, 0.2) is 0 Å². The number of carbonyl (C=O) groups is 1. The van der Waals surface area contributed by atoms with Crippen LogP contribution in [0.3, 0.4) is 0 Å². The number of aromatic nitrogens is 1. The van der Waals surface area contributed by atoms with Crippen LogP contribution in [-0.4, -0.2) is 23.5 Å². The maximum absolute atomic E-state index is 12.5. The van der Waals surface area contributed by atoms with Crippen LogP contribution in [0.15, 0.2) is 12.3 Å². The molecule has 1 amide bonds. The standard InChI is InChI=1S/C17H29N3O/c1-5-8-10-14(9-6-2)20-17(21)15-12-19-13(4)11-16(15)18-7-3/h11-12,14H,5-10H2,1-4H3,(H,18,19)(H,20,21). The van der Waals surface area contributed by atoms with E-state index in [1.165, 1.54) is 0 Å². The van der Waals surface area contributed by atoms with Gasteiger partial charge in [0, 0.05) is 24.5 Å². The van der Waals surface area contributed by atoms with Crippen molar-refractivity contribution < 1.29 is 4.79 Å². The molecule has 0 spiro atoms. The van der Waals surface area contributed by atoms with Gasteiger partial charge in [-0.05, 0) is 32.8 Å². The lowest BCUT2D eigenvalue weighted by Gasteiger charge is -2.19. The first-order valence-electron chi connectivity index (χ1n) is 8.13. The van der Waals surface area contributed by atoms with E-state index in [1.807, 2.05) is 19.9 Å². The van der Waals surface area contributed by atoms with E-state index in [4.69, 9.17) is 0 Å². The average Bonchev–Trinajstić information content (AvgIpc) is 2.45. The molecule has 1 atom stereocenters. The minimum atomic E-state index is -0.0204. The number of nitrogens with zero attached hydrogens (tertiary/aromatic N) is 1. The van der Waals surface area contributed by atoms with Crippen LogP contribution < -0.4 is 10.6 Å². The first-order valence-corrected chi connectivity index (χ1v) is 8.13. The predicted molar refractivity (Wildman–Crippen MR) is 88.8 cm³/mol. The van der Waals surface area contributed by atoms with Gasteiger partial charge in [0.1, 0.15) is 0 Å². The zero-order valence-electron chi connectivity index (χ0n) is 13.8. The topological polar surface area (TPSA) is 54.0 Å². The van der Waals surface area contributed by atoms with E-state index in [-0.39, 0.29) is 11.9 Å². The van der Waals surface area contributed by atoms with Gasteiger partial charge in [0.25, 0.3) is 5.91 Å². The van der Waals surface area contributed by atoms with E-state index in [0.717, 1.165) is 50.0 Å². The molecule has 2 N–H and O–H groups in total. The Labute approximate surface area is 128 Å². The summed E-state index contributed by atoms with van der Waals surface area (Å²) < 4.78 is 0. The van der Waals surface area contributed by atoms with E-state index < -0.39 is 0 Å². The Bertz CT molecular complexity index is 446. The molecular formula is C17H29N3O. The first kappa shape index (κ1) is 17.5. The van der Waals surface area contributed by atoms with Gasteiger partial charge in [0.2, 0.25) is 0 Å². The molecule has 21 heavy (non-hydrogen) atoms. The third-order valence-corrected chi connectivity index (χ3v) is 3.53. The third kappa shape index (κ3) is 5.74. The van der Waals surface area contributed by atoms with E-state index >= 15 is 0 Å². The van der Waals surface area contributed by atoms with E-state index in [0.29, 0.717) is 5.56 Å².